The topological polar surface area (TPSA) is 40.5 Å². The first kappa shape index (κ1) is 10.0. The fourth-order valence-corrected chi connectivity index (χ4v) is 0. The second kappa shape index (κ2) is 16.8. The van der Waals surface area contributed by atoms with Crippen molar-refractivity contribution in [3.8, 4) is 0 Å². The Morgan fingerprint density at radius 3 is 1.33 bits per heavy atom. The van der Waals surface area contributed by atoms with E-state index in [9.17, 15) is 0 Å². The van der Waals surface area contributed by atoms with Crippen LogP contribution in [0, 0.1) is 0 Å². The van der Waals surface area contributed by atoms with Gasteiger partial charge < -0.3 is 10.2 Å². The molecule has 0 spiro atoms. The molecule has 0 fully saturated rings. The summed E-state index contributed by atoms with van der Waals surface area (Å²) >= 11 is 1.61. The Balaban J connectivity index is 0. The van der Waals surface area contributed by atoms with Gasteiger partial charge in [-0.25, -0.2) is 0 Å². The van der Waals surface area contributed by atoms with Gasteiger partial charge in [0.1, 0.15) is 0 Å². The van der Waals surface area contributed by atoms with Crippen molar-refractivity contribution in [2.24, 2.45) is 0 Å². The molecule has 0 bridgehead atoms. The van der Waals surface area contributed by atoms with Crippen LogP contribution in [0.3, 0.4) is 0 Å². The van der Waals surface area contributed by atoms with Crippen molar-refractivity contribution in [1.82, 2.24) is 0 Å². The van der Waals surface area contributed by atoms with Gasteiger partial charge in [-0.3, -0.25) is 0 Å². The maximum absolute atomic E-state index is 7.62. The predicted molar refractivity (Wildman–Crippen MR) is 20.0 cm³/mol. The first-order valence-corrected chi connectivity index (χ1v) is 4.07. The molecule has 0 aromatic carbocycles. The first-order valence-electron chi connectivity index (χ1n) is 1.25. The number of aliphatic hydroxyl groups excluding tert-OH is 2. The summed E-state index contributed by atoms with van der Waals surface area (Å²) in [6.07, 6.45) is 0. The van der Waals surface area contributed by atoms with Crippen LogP contribution in [0.15, 0.2) is 0 Å². The number of aliphatic hydroxyl groups is 2. The summed E-state index contributed by atoms with van der Waals surface area (Å²) in [6, 6.07) is 0. The van der Waals surface area contributed by atoms with Crippen molar-refractivity contribution in [3.05, 3.63) is 0 Å². The number of halogens is 1. The van der Waals surface area contributed by atoms with Gasteiger partial charge in [0.05, 0.1) is 13.2 Å². The Morgan fingerprint density at radius 1 is 1.17 bits per heavy atom. The molecule has 0 aliphatic heterocycles. The van der Waals surface area contributed by atoms with Crippen LogP contribution in [-0.2, 0) is 18.8 Å². The zero-order valence-corrected chi connectivity index (χ0v) is 6.03. The first-order chi connectivity index (χ1) is 2.91. The van der Waals surface area contributed by atoms with Gasteiger partial charge in [0, 0.05) is 0 Å². The van der Waals surface area contributed by atoms with Gasteiger partial charge in [-0.15, -0.1) is 0 Å². The van der Waals surface area contributed by atoms with E-state index in [4.69, 9.17) is 10.2 Å². The molecule has 0 aliphatic carbocycles. The molecular formula is C2H6ClO2Pt. The molecule has 6 heavy (non-hydrogen) atoms. The molecule has 2 N–H and O–H groups in total. The molecular weight excluding hydrogens is 287 g/mol. The maximum atomic E-state index is 7.62. The van der Waals surface area contributed by atoms with E-state index >= 15 is 0 Å². The Morgan fingerprint density at radius 2 is 1.33 bits per heavy atom. The van der Waals surface area contributed by atoms with E-state index in [1.807, 2.05) is 0 Å². The molecule has 0 aromatic heterocycles. The van der Waals surface area contributed by atoms with Crippen LogP contribution in [-0.4, -0.2) is 23.4 Å². The van der Waals surface area contributed by atoms with Gasteiger partial charge in [-0.2, -0.15) is 0 Å². The zero-order chi connectivity index (χ0) is 5.41. The van der Waals surface area contributed by atoms with Gasteiger partial charge in [0.25, 0.3) is 0 Å². The van der Waals surface area contributed by atoms with Gasteiger partial charge in [0.2, 0.25) is 0 Å². The molecule has 0 aromatic rings. The van der Waals surface area contributed by atoms with Crippen molar-refractivity contribution in [1.29, 1.82) is 0 Å². The molecule has 0 unspecified atom stereocenters. The average Bonchev–Trinajstić information content (AvgIpc) is 1.72. The summed E-state index contributed by atoms with van der Waals surface area (Å²) in [4.78, 5) is 0. The van der Waals surface area contributed by atoms with Crippen LogP contribution in [0.5, 0.6) is 0 Å². The summed E-state index contributed by atoms with van der Waals surface area (Å²) in [6.45, 7) is -0.250. The monoisotopic (exact) mass is 292 g/mol. The third-order valence-corrected chi connectivity index (χ3v) is 0.1000. The quantitative estimate of drug-likeness (QED) is 0.694. The number of hydrogen-bond donors (Lipinski definition) is 2. The van der Waals surface area contributed by atoms with E-state index in [1.165, 1.54) is 0 Å². The summed E-state index contributed by atoms with van der Waals surface area (Å²) < 4.78 is 0. The SMILES string of the molecule is OCCO.[Cl][Pt]. The van der Waals surface area contributed by atoms with Crippen molar-refractivity contribution < 1.29 is 29.0 Å². The van der Waals surface area contributed by atoms with Gasteiger partial charge >= 0.3 is 28.2 Å². The van der Waals surface area contributed by atoms with Crippen molar-refractivity contribution >= 4 is 9.42 Å². The molecule has 4 heteroatoms. The number of rotatable bonds is 1. The van der Waals surface area contributed by atoms with Gasteiger partial charge in [-0.05, 0) is 0 Å². The molecule has 0 amide bonds. The number of hydrogen-bond acceptors (Lipinski definition) is 2. The van der Waals surface area contributed by atoms with Gasteiger partial charge in [-0.1, -0.05) is 0 Å². The van der Waals surface area contributed by atoms with E-state index < -0.39 is 0 Å². The molecule has 0 rings (SSSR count). The van der Waals surface area contributed by atoms with Gasteiger partial charge in [0.15, 0.2) is 0 Å². The fraction of sp³-hybridized carbons (Fsp3) is 1.00. The molecule has 0 heterocycles. The molecule has 43 valence electrons. The van der Waals surface area contributed by atoms with E-state index in [2.05, 4.69) is 9.42 Å². The third-order valence-electron chi connectivity index (χ3n) is 0.1000. The predicted octanol–water partition coefficient (Wildman–Crippen LogP) is -0.342. The second-order valence-electron chi connectivity index (χ2n) is 0.447. The van der Waals surface area contributed by atoms with E-state index in [-0.39, 0.29) is 13.2 Å². The van der Waals surface area contributed by atoms with Crippen molar-refractivity contribution in [2.75, 3.05) is 13.2 Å². The minimum atomic E-state index is -0.125. The van der Waals surface area contributed by atoms with Crippen LogP contribution in [0.4, 0.5) is 0 Å². The summed E-state index contributed by atoms with van der Waals surface area (Å²) in [7, 11) is 4.61. The van der Waals surface area contributed by atoms with E-state index in [0.29, 0.717) is 0 Å². The van der Waals surface area contributed by atoms with Crippen LogP contribution >= 0.6 is 9.42 Å². The Kier molecular flexibility index (Phi) is 28.1. The molecule has 0 saturated heterocycles. The summed E-state index contributed by atoms with van der Waals surface area (Å²) in [5, 5.41) is 15.2. The molecule has 0 aliphatic rings. The Bertz CT molecular complexity index is 13.5. The fourth-order valence-electron chi connectivity index (χ4n) is 0. The average molecular weight is 293 g/mol. The Labute approximate surface area is 52.0 Å². The van der Waals surface area contributed by atoms with Crippen LogP contribution in [0.25, 0.3) is 0 Å². The van der Waals surface area contributed by atoms with E-state index in [0.717, 1.165) is 0 Å². The minimum absolute atomic E-state index is 0.125. The second-order valence-corrected chi connectivity index (χ2v) is 0.447. The normalized spacial score (nSPS) is 6.17. The van der Waals surface area contributed by atoms with Crippen LogP contribution < -0.4 is 0 Å². The molecule has 2 nitrogen and oxygen atoms in total. The Hall–Kier alpha value is 0.898. The zero-order valence-electron chi connectivity index (χ0n) is 3.00. The van der Waals surface area contributed by atoms with Crippen LogP contribution in [0.2, 0.25) is 0 Å². The van der Waals surface area contributed by atoms with Crippen LogP contribution in [0.1, 0.15) is 0 Å². The summed E-state index contributed by atoms with van der Waals surface area (Å²) in [5.74, 6) is 0. The standard InChI is InChI=1S/C2H6O2.ClH.Pt/c3-1-2-4;;/h3-4H,1-2H2;1H;/q;;+1/p-1. The summed E-state index contributed by atoms with van der Waals surface area (Å²) in [5.41, 5.74) is 0. The van der Waals surface area contributed by atoms with Crippen molar-refractivity contribution in [3.63, 3.8) is 0 Å². The van der Waals surface area contributed by atoms with Crippen molar-refractivity contribution in [2.45, 2.75) is 0 Å². The molecule has 0 saturated carbocycles. The van der Waals surface area contributed by atoms with E-state index in [1.54, 1.807) is 18.8 Å². The molecule has 0 radical (unpaired) electrons. The third kappa shape index (κ3) is 20.7. The molecule has 0 atom stereocenters.